The van der Waals surface area contributed by atoms with E-state index in [0.29, 0.717) is 58.2 Å². The summed E-state index contributed by atoms with van der Waals surface area (Å²) in [7, 11) is 0. The molecule has 1 amide bonds. The smallest absolute Gasteiger partial charge is 0.253 e. The Morgan fingerprint density at radius 1 is 1.10 bits per heavy atom. The molecule has 41 heavy (non-hydrogen) atoms. The fraction of sp³-hybridized carbons (Fsp3) is 0.387. The summed E-state index contributed by atoms with van der Waals surface area (Å²) >= 11 is 0. The molecule has 1 fully saturated rings. The number of nitrogens with zero attached hydrogens (tertiary/aromatic N) is 5. The van der Waals surface area contributed by atoms with Crippen LogP contribution in [0.25, 0.3) is 22.3 Å². The Bertz CT molecular complexity index is 1590. The maximum absolute atomic E-state index is 15.1. The van der Waals surface area contributed by atoms with Gasteiger partial charge >= 0.3 is 0 Å². The summed E-state index contributed by atoms with van der Waals surface area (Å²) in [5.41, 5.74) is 2.39. The number of piperidine rings is 1. The first-order valence-corrected chi connectivity index (χ1v) is 13.7. The Hall–Kier alpha value is -4.02. The molecule has 5 rings (SSSR count). The normalized spacial score (nSPS) is 19.4. The van der Waals surface area contributed by atoms with Crippen LogP contribution in [0.1, 0.15) is 54.9 Å². The van der Waals surface area contributed by atoms with E-state index in [1.165, 1.54) is 18.5 Å². The highest BCUT2D eigenvalue weighted by Crippen LogP contribution is 2.31. The zero-order valence-corrected chi connectivity index (χ0v) is 23.9. The number of pyridine rings is 4. The lowest BCUT2D eigenvalue weighted by molar-refractivity contribution is 0.0527. The van der Waals surface area contributed by atoms with Crippen molar-refractivity contribution in [3.05, 3.63) is 77.1 Å². The molecule has 9 nitrogen and oxygen atoms in total. The first-order chi connectivity index (χ1) is 19.4. The molecule has 3 N–H and O–H groups in total. The number of amides is 1. The van der Waals surface area contributed by atoms with Gasteiger partial charge in [0, 0.05) is 54.3 Å². The minimum Gasteiger partial charge on any atom is -0.392 e. The number of hydrogen-bond acceptors (Lipinski definition) is 8. The van der Waals surface area contributed by atoms with Crippen LogP contribution in [0.4, 0.5) is 10.2 Å². The molecule has 4 aromatic heterocycles. The van der Waals surface area contributed by atoms with Gasteiger partial charge in [0.05, 0.1) is 46.4 Å². The van der Waals surface area contributed by atoms with Crippen LogP contribution in [0.3, 0.4) is 0 Å². The number of aliphatic hydroxyl groups excluding tert-OH is 1. The number of carbonyl (C=O) groups excluding carboxylic acids is 1. The number of hydrogen-bond donors (Lipinski definition) is 3. The number of aromatic nitrogens is 4. The lowest BCUT2D eigenvalue weighted by Crippen LogP contribution is -2.47. The topological polar surface area (TPSA) is 124 Å². The SMILES string of the molecule is Cc1c(F)cc(N2C[C@@H](C)C(O)[C@@H](C)C2)nc1-c1ccc2cnc(CNC(=O)c3cncc(C(C)(C)O)c3)cc2n1. The molecular formula is C31H35FN6O3. The quantitative estimate of drug-likeness (QED) is 0.323. The van der Waals surface area contributed by atoms with Crippen LogP contribution in [0.5, 0.6) is 0 Å². The van der Waals surface area contributed by atoms with Gasteiger partial charge in [-0.1, -0.05) is 13.8 Å². The molecule has 1 aliphatic rings. The van der Waals surface area contributed by atoms with Crippen LogP contribution in [-0.4, -0.2) is 55.2 Å². The third kappa shape index (κ3) is 6.03. The molecule has 1 saturated heterocycles. The summed E-state index contributed by atoms with van der Waals surface area (Å²) in [4.78, 5) is 32.9. The monoisotopic (exact) mass is 558 g/mol. The van der Waals surface area contributed by atoms with Gasteiger partial charge in [-0.3, -0.25) is 14.8 Å². The van der Waals surface area contributed by atoms with Gasteiger partial charge in [0.15, 0.2) is 0 Å². The zero-order valence-electron chi connectivity index (χ0n) is 23.9. The summed E-state index contributed by atoms with van der Waals surface area (Å²) < 4.78 is 15.1. The van der Waals surface area contributed by atoms with Crippen molar-refractivity contribution in [1.82, 2.24) is 25.3 Å². The molecule has 214 valence electrons. The van der Waals surface area contributed by atoms with E-state index in [-0.39, 0.29) is 30.1 Å². The van der Waals surface area contributed by atoms with Crippen molar-refractivity contribution >= 4 is 22.6 Å². The maximum atomic E-state index is 15.1. The number of nitrogens with one attached hydrogen (secondary N) is 1. The molecule has 0 radical (unpaired) electrons. The van der Waals surface area contributed by atoms with Crippen molar-refractivity contribution in [2.24, 2.45) is 11.8 Å². The molecule has 1 aliphatic heterocycles. The fourth-order valence-electron chi connectivity index (χ4n) is 5.17. The Kier molecular flexibility index (Phi) is 7.72. The Morgan fingerprint density at radius 2 is 1.83 bits per heavy atom. The highest BCUT2D eigenvalue weighted by molar-refractivity contribution is 5.94. The Morgan fingerprint density at radius 3 is 2.54 bits per heavy atom. The van der Waals surface area contributed by atoms with Crippen molar-refractivity contribution in [1.29, 1.82) is 0 Å². The summed E-state index contributed by atoms with van der Waals surface area (Å²) in [6, 6.07) is 8.52. The van der Waals surface area contributed by atoms with Gasteiger partial charge in [0.25, 0.3) is 5.91 Å². The van der Waals surface area contributed by atoms with Crippen LogP contribution in [-0.2, 0) is 12.1 Å². The third-order valence-corrected chi connectivity index (χ3v) is 7.71. The van der Waals surface area contributed by atoms with Crippen LogP contribution in [0.15, 0.2) is 48.9 Å². The lowest BCUT2D eigenvalue weighted by atomic mass is 9.88. The van der Waals surface area contributed by atoms with Crippen molar-refractivity contribution in [3.63, 3.8) is 0 Å². The predicted octanol–water partition coefficient (Wildman–Crippen LogP) is 4.14. The number of fused-ring (bicyclic) bond motifs is 1. The average Bonchev–Trinajstić information content (AvgIpc) is 2.94. The third-order valence-electron chi connectivity index (χ3n) is 7.71. The summed E-state index contributed by atoms with van der Waals surface area (Å²) in [5, 5.41) is 24.2. The summed E-state index contributed by atoms with van der Waals surface area (Å²) in [6.45, 7) is 10.3. The molecule has 0 aliphatic carbocycles. The first kappa shape index (κ1) is 28.5. The standard InChI is InChI=1S/C31H35FN6O3/c1-17-15-38(16-18(2)29(17)39)27-10-24(32)19(3)28(37-27)25-7-6-20-12-34-23(9-26(20)36-25)14-35-30(40)21-8-22(13-33-11-21)31(4,5)41/h6-13,17-18,29,39,41H,14-16H2,1-5H3,(H,35,40)/t17-,18+,29?. The highest BCUT2D eigenvalue weighted by atomic mass is 19.1. The lowest BCUT2D eigenvalue weighted by Gasteiger charge is -2.39. The number of anilines is 1. The van der Waals surface area contributed by atoms with Crippen LogP contribution in [0, 0.1) is 24.6 Å². The molecule has 4 aromatic rings. The minimum atomic E-state index is -1.12. The van der Waals surface area contributed by atoms with Crippen molar-refractivity contribution in [2.45, 2.75) is 52.9 Å². The Labute approximate surface area is 238 Å². The largest absolute Gasteiger partial charge is 0.392 e. The molecule has 0 spiro atoms. The second-order valence-electron chi connectivity index (χ2n) is 11.6. The molecule has 0 bridgehead atoms. The summed E-state index contributed by atoms with van der Waals surface area (Å²) in [5.74, 6) is -0.0924. The zero-order chi connectivity index (χ0) is 29.5. The van der Waals surface area contributed by atoms with Crippen molar-refractivity contribution in [2.75, 3.05) is 18.0 Å². The van der Waals surface area contributed by atoms with Crippen LogP contribution < -0.4 is 10.2 Å². The number of halogens is 1. The average molecular weight is 559 g/mol. The number of rotatable bonds is 6. The molecule has 1 unspecified atom stereocenters. The second-order valence-corrected chi connectivity index (χ2v) is 11.6. The van der Waals surface area contributed by atoms with Gasteiger partial charge in [-0.2, -0.15) is 0 Å². The van der Waals surface area contributed by atoms with E-state index in [4.69, 9.17) is 9.97 Å². The molecule has 0 aromatic carbocycles. The van der Waals surface area contributed by atoms with Crippen LogP contribution in [0.2, 0.25) is 0 Å². The van der Waals surface area contributed by atoms with E-state index in [2.05, 4.69) is 15.3 Å². The van der Waals surface area contributed by atoms with Gasteiger partial charge in [-0.15, -0.1) is 0 Å². The van der Waals surface area contributed by atoms with Gasteiger partial charge in [-0.25, -0.2) is 14.4 Å². The summed E-state index contributed by atoms with van der Waals surface area (Å²) in [6.07, 6.45) is 4.26. The van der Waals surface area contributed by atoms with E-state index in [9.17, 15) is 15.0 Å². The molecule has 5 heterocycles. The first-order valence-electron chi connectivity index (χ1n) is 13.7. The highest BCUT2D eigenvalue weighted by Gasteiger charge is 2.31. The van der Waals surface area contributed by atoms with Crippen molar-refractivity contribution < 1.29 is 19.4 Å². The van der Waals surface area contributed by atoms with Gasteiger partial charge < -0.3 is 20.4 Å². The maximum Gasteiger partial charge on any atom is 0.253 e. The van der Waals surface area contributed by atoms with Gasteiger partial charge in [-0.05, 0) is 56.9 Å². The van der Waals surface area contributed by atoms with E-state index in [0.717, 1.165) is 5.39 Å². The molecule has 3 atom stereocenters. The van der Waals surface area contributed by atoms with E-state index >= 15 is 4.39 Å². The number of aliphatic hydroxyl groups is 2. The van der Waals surface area contributed by atoms with E-state index in [1.807, 2.05) is 24.8 Å². The Balaban J connectivity index is 1.39. The fourth-order valence-corrected chi connectivity index (χ4v) is 5.17. The van der Waals surface area contributed by atoms with Gasteiger partial charge in [0.2, 0.25) is 0 Å². The van der Waals surface area contributed by atoms with E-state index in [1.54, 1.807) is 45.2 Å². The van der Waals surface area contributed by atoms with Gasteiger partial charge in [0.1, 0.15) is 11.6 Å². The van der Waals surface area contributed by atoms with E-state index < -0.39 is 11.7 Å². The second kappa shape index (κ2) is 11.1. The molecule has 0 saturated carbocycles. The molecular weight excluding hydrogens is 523 g/mol. The molecule has 10 heteroatoms. The predicted molar refractivity (Wildman–Crippen MR) is 155 cm³/mol. The van der Waals surface area contributed by atoms with Crippen LogP contribution >= 0.6 is 0 Å². The van der Waals surface area contributed by atoms with Crippen molar-refractivity contribution in [3.8, 4) is 11.4 Å². The number of carbonyl (C=O) groups is 1. The minimum absolute atomic E-state index is 0.0419.